The summed E-state index contributed by atoms with van der Waals surface area (Å²) in [5.41, 5.74) is 0.520. The molecule has 0 amide bonds. The number of hydrogen-bond donors (Lipinski definition) is 1. The van der Waals surface area contributed by atoms with Crippen LogP contribution in [-0.2, 0) is 0 Å². The monoisotopic (exact) mass is 195 g/mol. The van der Waals surface area contributed by atoms with Gasteiger partial charge in [-0.25, -0.2) is 4.39 Å². The lowest BCUT2D eigenvalue weighted by Gasteiger charge is -2.25. The minimum atomic E-state index is -0.282. The molecule has 1 aliphatic rings. The minimum absolute atomic E-state index is 0.0972. The first-order chi connectivity index (χ1) is 6.77. The lowest BCUT2D eigenvalue weighted by Crippen LogP contribution is -2.19. The molecule has 1 aliphatic carbocycles. The fraction of sp³-hybridized carbons (Fsp3) is 0.545. The van der Waals surface area contributed by atoms with Gasteiger partial charge in [-0.1, -0.05) is 6.42 Å². The number of rotatable bonds is 1. The van der Waals surface area contributed by atoms with Crippen LogP contribution < -0.4 is 0 Å². The summed E-state index contributed by atoms with van der Waals surface area (Å²) in [5, 5.41) is 9.48. The van der Waals surface area contributed by atoms with Gasteiger partial charge in [0.1, 0.15) is 5.82 Å². The molecule has 0 unspecified atom stereocenters. The first-order valence-electron chi connectivity index (χ1n) is 5.06. The van der Waals surface area contributed by atoms with Crippen LogP contribution in [0.5, 0.6) is 0 Å². The zero-order chi connectivity index (χ0) is 9.97. The van der Waals surface area contributed by atoms with Gasteiger partial charge in [0, 0.05) is 12.1 Å². The molecule has 1 N–H and O–H groups in total. The van der Waals surface area contributed by atoms with Gasteiger partial charge in [0.15, 0.2) is 0 Å². The van der Waals surface area contributed by atoms with E-state index in [1.54, 1.807) is 12.3 Å². The molecule has 2 atom stereocenters. The van der Waals surface area contributed by atoms with Crippen LogP contribution in [0.3, 0.4) is 0 Å². The SMILES string of the molecule is O[C@H]1CCC[C@@H](c2ncccc2F)C1. The molecule has 1 aromatic heterocycles. The summed E-state index contributed by atoms with van der Waals surface area (Å²) >= 11 is 0. The van der Waals surface area contributed by atoms with Gasteiger partial charge in [-0.2, -0.15) is 0 Å². The van der Waals surface area contributed by atoms with Crippen molar-refractivity contribution in [2.24, 2.45) is 0 Å². The van der Waals surface area contributed by atoms with Crippen LogP contribution in [-0.4, -0.2) is 16.2 Å². The first-order valence-corrected chi connectivity index (χ1v) is 5.06. The average molecular weight is 195 g/mol. The number of aliphatic hydroxyl groups is 1. The summed E-state index contributed by atoms with van der Waals surface area (Å²) in [7, 11) is 0. The lowest BCUT2D eigenvalue weighted by molar-refractivity contribution is 0.118. The summed E-state index contributed by atoms with van der Waals surface area (Å²) < 4.78 is 13.4. The van der Waals surface area contributed by atoms with E-state index in [2.05, 4.69) is 4.98 Å². The average Bonchev–Trinajstić information content (AvgIpc) is 2.18. The van der Waals surface area contributed by atoms with E-state index >= 15 is 0 Å². The molecular formula is C11H14FNO. The van der Waals surface area contributed by atoms with Crippen molar-refractivity contribution < 1.29 is 9.50 Å². The maximum Gasteiger partial charge on any atom is 0.144 e. The topological polar surface area (TPSA) is 33.1 Å². The van der Waals surface area contributed by atoms with E-state index in [1.165, 1.54) is 6.07 Å². The number of nitrogens with zero attached hydrogens (tertiary/aromatic N) is 1. The first kappa shape index (κ1) is 9.59. The maximum absolute atomic E-state index is 13.4. The van der Waals surface area contributed by atoms with Crippen LogP contribution in [0.2, 0.25) is 0 Å². The van der Waals surface area contributed by atoms with Gasteiger partial charge in [0.05, 0.1) is 11.8 Å². The normalized spacial score (nSPS) is 27.6. The lowest BCUT2D eigenvalue weighted by atomic mass is 9.85. The van der Waals surface area contributed by atoms with Crippen molar-refractivity contribution in [3.8, 4) is 0 Å². The van der Waals surface area contributed by atoms with E-state index in [0.717, 1.165) is 19.3 Å². The number of halogens is 1. The Bertz CT molecular complexity index is 316. The van der Waals surface area contributed by atoms with Crippen LogP contribution in [0.25, 0.3) is 0 Å². The van der Waals surface area contributed by atoms with Crippen LogP contribution >= 0.6 is 0 Å². The van der Waals surface area contributed by atoms with Gasteiger partial charge >= 0.3 is 0 Å². The third-order valence-electron chi connectivity index (χ3n) is 2.82. The molecule has 76 valence electrons. The van der Waals surface area contributed by atoms with E-state index in [9.17, 15) is 9.50 Å². The highest BCUT2D eigenvalue weighted by Gasteiger charge is 2.24. The van der Waals surface area contributed by atoms with Gasteiger partial charge < -0.3 is 5.11 Å². The van der Waals surface area contributed by atoms with Crippen LogP contribution in [0, 0.1) is 5.82 Å². The highest BCUT2D eigenvalue weighted by molar-refractivity contribution is 5.13. The molecule has 2 rings (SSSR count). The Kier molecular flexibility index (Phi) is 2.77. The van der Waals surface area contributed by atoms with Crippen LogP contribution in [0.1, 0.15) is 37.3 Å². The second kappa shape index (κ2) is 4.05. The molecular weight excluding hydrogens is 181 g/mol. The van der Waals surface area contributed by atoms with Crippen molar-refractivity contribution in [3.05, 3.63) is 29.8 Å². The van der Waals surface area contributed by atoms with Crippen molar-refractivity contribution in [2.75, 3.05) is 0 Å². The van der Waals surface area contributed by atoms with Crippen molar-refractivity contribution in [2.45, 2.75) is 37.7 Å². The molecule has 3 heteroatoms. The number of aromatic nitrogens is 1. The smallest absolute Gasteiger partial charge is 0.144 e. The summed E-state index contributed by atoms with van der Waals surface area (Å²) in [6.45, 7) is 0. The second-order valence-electron chi connectivity index (χ2n) is 3.89. The Labute approximate surface area is 82.8 Å². The summed E-state index contributed by atoms with van der Waals surface area (Å²) in [4.78, 5) is 4.05. The van der Waals surface area contributed by atoms with Crippen molar-refractivity contribution in [1.29, 1.82) is 0 Å². The zero-order valence-corrected chi connectivity index (χ0v) is 7.99. The Morgan fingerprint density at radius 3 is 3.00 bits per heavy atom. The van der Waals surface area contributed by atoms with E-state index in [4.69, 9.17) is 0 Å². The quantitative estimate of drug-likeness (QED) is 0.745. The van der Waals surface area contributed by atoms with E-state index in [1.807, 2.05) is 0 Å². The highest BCUT2D eigenvalue weighted by Crippen LogP contribution is 2.32. The molecule has 1 saturated carbocycles. The Balaban J connectivity index is 2.18. The van der Waals surface area contributed by atoms with Crippen molar-refractivity contribution in [1.82, 2.24) is 4.98 Å². The molecule has 2 nitrogen and oxygen atoms in total. The molecule has 0 aromatic carbocycles. The Morgan fingerprint density at radius 1 is 1.43 bits per heavy atom. The molecule has 0 radical (unpaired) electrons. The zero-order valence-electron chi connectivity index (χ0n) is 7.99. The maximum atomic E-state index is 13.4. The predicted molar refractivity (Wildman–Crippen MR) is 51.4 cm³/mol. The van der Waals surface area contributed by atoms with Gasteiger partial charge in [0.2, 0.25) is 0 Å². The fourth-order valence-corrected chi connectivity index (χ4v) is 2.11. The second-order valence-corrected chi connectivity index (χ2v) is 3.89. The molecule has 0 saturated heterocycles. The van der Waals surface area contributed by atoms with Gasteiger partial charge in [0.25, 0.3) is 0 Å². The highest BCUT2D eigenvalue weighted by atomic mass is 19.1. The van der Waals surface area contributed by atoms with Gasteiger partial charge in [-0.15, -0.1) is 0 Å². The summed E-state index contributed by atoms with van der Waals surface area (Å²) in [6.07, 6.45) is 4.71. The van der Waals surface area contributed by atoms with E-state index < -0.39 is 0 Å². The van der Waals surface area contributed by atoms with Gasteiger partial charge in [-0.05, 0) is 31.4 Å². The molecule has 0 spiro atoms. The van der Waals surface area contributed by atoms with Crippen molar-refractivity contribution >= 4 is 0 Å². The summed E-state index contributed by atoms with van der Waals surface area (Å²) in [5.74, 6) is -0.147. The summed E-state index contributed by atoms with van der Waals surface area (Å²) in [6, 6.07) is 3.03. The number of aliphatic hydroxyl groups excluding tert-OH is 1. The molecule has 1 heterocycles. The van der Waals surface area contributed by atoms with E-state index in [-0.39, 0.29) is 17.8 Å². The standard InChI is InChI=1S/C11H14FNO/c12-10-5-2-6-13-11(10)8-3-1-4-9(14)7-8/h2,5-6,8-9,14H,1,3-4,7H2/t8-,9+/m1/s1. The third kappa shape index (κ3) is 1.93. The predicted octanol–water partition coefficient (Wildman–Crippen LogP) is 2.24. The largest absolute Gasteiger partial charge is 0.393 e. The third-order valence-corrected chi connectivity index (χ3v) is 2.82. The van der Waals surface area contributed by atoms with E-state index in [0.29, 0.717) is 12.1 Å². The Hall–Kier alpha value is -0.960. The molecule has 14 heavy (non-hydrogen) atoms. The molecule has 1 fully saturated rings. The number of hydrogen-bond acceptors (Lipinski definition) is 2. The molecule has 0 aliphatic heterocycles. The van der Waals surface area contributed by atoms with Crippen LogP contribution in [0.4, 0.5) is 4.39 Å². The minimum Gasteiger partial charge on any atom is -0.393 e. The van der Waals surface area contributed by atoms with Crippen LogP contribution in [0.15, 0.2) is 18.3 Å². The molecule has 0 bridgehead atoms. The number of pyridine rings is 1. The van der Waals surface area contributed by atoms with Gasteiger partial charge in [-0.3, -0.25) is 4.98 Å². The molecule has 1 aromatic rings. The van der Waals surface area contributed by atoms with Crippen molar-refractivity contribution in [3.63, 3.8) is 0 Å². The Morgan fingerprint density at radius 2 is 2.29 bits per heavy atom. The fourth-order valence-electron chi connectivity index (χ4n) is 2.11.